The molecule has 0 amide bonds. The Kier molecular flexibility index (Phi) is 4.11. The van der Waals surface area contributed by atoms with Gasteiger partial charge in [0.25, 0.3) is 0 Å². The van der Waals surface area contributed by atoms with Gasteiger partial charge in [-0.2, -0.15) is 0 Å². The molecule has 0 aliphatic carbocycles. The number of likely N-dealkylation sites (tertiary alicyclic amines) is 1. The quantitative estimate of drug-likeness (QED) is 0.917. The third kappa shape index (κ3) is 2.76. The lowest BCUT2D eigenvalue weighted by atomic mass is 9.98. The first-order valence-corrected chi connectivity index (χ1v) is 7.91. The number of morpholine rings is 1. The summed E-state index contributed by atoms with van der Waals surface area (Å²) in [6.45, 7) is 6.51. The summed E-state index contributed by atoms with van der Waals surface area (Å²) >= 11 is 0. The molecule has 3 rings (SSSR count). The fourth-order valence-corrected chi connectivity index (χ4v) is 3.46. The van der Waals surface area contributed by atoms with E-state index in [1.807, 2.05) is 0 Å². The molecule has 3 heteroatoms. The largest absolute Gasteiger partial charge is 0.372 e. The summed E-state index contributed by atoms with van der Waals surface area (Å²) in [5, 5.41) is 0. The van der Waals surface area contributed by atoms with Crippen molar-refractivity contribution in [1.29, 1.82) is 0 Å². The SMILES string of the molecule is CCc1ccc(C(N)C(C)N2CC3CCC(C2)O3)cc1. The van der Waals surface area contributed by atoms with Crippen molar-refractivity contribution in [2.75, 3.05) is 13.1 Å². The normalized spacial score (nSPS) is 29.4. The Hall–Kier alpha value is -0.900. The second-order valence-corrected chi connectivity index (χ2v) is 6.27. The van der Waals surface area contributed by atoms with Gasteiger partial charge in [0.05, 0.1) is 12.2 Å². The molecule has 1 aromatic rings. The molecule has 2 aliphatic heterocycles. The second-order valence-electron chi connectivity index (χ2n) is 6.27. The lowest BCUT2D eigenvalue weighted by molar-refractivity contribution is -0.0535. The number of rotatable bonds is 4. The Morgan fingerprint density at radius 3 is 2.35 bits per heavy atom. The highest BCUT2D eigenvalue weighted by molar-refractivity contribution is 5.25. The smallest absolute Gasteiger partial charge is 0.0707 e. The number of ether oxygens (including phenoxy) is 1. The first kappa shape index (κ1) is 14.1. The van der Waals surface area contributed by atoms with E-state index >= 15 is 0 Å². The van der Waals surface area contributed by atoms with E-state index in [-0.39, 0.29) is 6.04 Å². The zero-order valence-corrected chi connectivity index (χ0v) is 12.6. The highest BCUT2D eigenvalue weighted by Crippen LogP contribution is 2.30. The maximum Gasteiger partial charge on any atom is 0.0707 e. The van der Waals surface area contributed by atoms with Crippen molar-refractivity contribution < 1.29 is 4.74 Å². The van der Waals surface area contributed by atoms with E-state index in [1.54, 1.807) is 0 Å². The summed E-state index contributed by atoms with van der Waals surface area (Å²) in [4.78, 5) is 2.52. The molecule has 2 aliphatic rings. The van der Waals surface area contributed by atoms with Crippen molar-refractivity contribution in [1.82, 2.24) is 4.90 Å². The van der Waals surface area contributed by atoms with E-state index in [9.17, 15) is 0 Å². The fraction of sp³-hybridized carbons (Fsp3) is 0.647. The van der Waals surface area contributed by atoms with E-state index in [1.165, 1.54) is 24.0 Å². The van der Waals surface area contributed by atoms with Gasteiger partial charge in [0.15, 0.2) is 0 Å². The molecule has 0 saturated carbocycles. The average molecular weight is 274 g/mol. The summed E-state index contributed by atoms with van der Waals surface area (Å²) in [7, 11) is 0. The minimum Gasteiger partial charge on any atom is -0.372 e. The lowest BCUT2D eigenvalue weighted by Crippen LogP contribution is -2.50. The molecule has 0 spiro atoms. The Balaban J connectivity index is 1.67. The van der Waals surface area contributed by atoms with Crippen LogP contribution < -0.4 is 5.73 Å². The number of nitrogens with two attached hydrogens (primary N) is 1. The molecule has 0 aromatic heterocycles. The fourth-order valence-electron chi connectivity index (χ4n) is 3.46. The number of nitrogens with zero attached hydrogens (tertiary/aromatic N) is 1. The van der Waals surface area contributed by atoms with Gasteiger partial charge in [-0.25, -0.2) is 0 Å². The summed E-state index contributed by atoms with van der Waals surface area (Å²) in [6, 6.07) is 9.23. The molecule has 3 nitrogen and oxygen atoms in total. The Morgan fingerprint density at radius 1 is 1.20 bits per heavy atom. The van der Waals surface area contributed by atoms with Crippen LogP contribution >= 0.6 is 0 Å². The highest BCUT2D eigenvalue weighted by atomic mass is 16.5. The molecule has 110 valence electrons. The van der Waals surface area contributed by atoms with Crippen LogP contribution in [0.15, 0.2) is 24.3 Å². The van der Waals surface area contributed by atoms with E-state index in [2.05, 4.69) is 43.0 Å². The minimum atomic E-state index is 0.0819. The van der Waals surface area contributed by atoms with Gasteiger partial charge in [-0.1, -0.05) is 31.2 Å². The van der Waals surface area contributed by atoms with Crippen molar-refractivity contribution >= 4 is 0 Å². The number of hydrogen-bond donors (Lipinski definition) is 1. The lowest BCUT2D eigenvalue weighted by Gasteiger charge is -2.38. The number of aryl methyl sites for hydroxylation is 1. The first-order valence-electron chi connectivity index (χ1n) is 7.91. The van der Waals surface area contributed by atoms with Gasteiger partial charge >= 0.3 is 0 Å². The molecule has 2 saturated heterocycles. The van der Waals surface area contributed by atoms with Gasteiger partial charge in [-0.05, 0) is 37.3 Å². The third-order valence-corrected chi connectivity index (χ3v) is 4.94. The molecule has 2 fully saturated rings. The maximum absolute atomic E-state index is 6.49. The molecule has 20 heavy (non-hydrogen) atoms. The topological polar surface area (TPSA) is 38.5 Å². The van der Waals surface area contributed by atoms with Crippen LogP contribution in [0.1, 0.15) is 43.9 Å². The third-order valence-electron chi connectivity index (χ3n) is 4.94. The Bertz CT molecular complexity index is 433. The van der Waals surface area contributed by atoms with Crippen LogP contribution in [0.3, 0.4) is 0 Å². The van der Waals surface area contributed by atoms with Gasteiger partial charge in [0.2, 0.25) is 0 Å². The molecule has 1 aromatic carbocycles. The standard InChI is InChI=1S/C17H26N2O/c1-3-13-4-6-14(7-5-13)17(18)12(2)19-10-15-8-9-16(11-19)20-15/h4-7,12,15-17H,3,8-11,18H2,1-2H3. The first-order chi connectivity index (χ1) is 9.67. The van der Waals surface area contributed by atoms with E-state index in [0.717, 1.165) is 19.5 Å². The van der Waals surface area contributed by atoms with Gasteiger partial charge in [-0.3, -0.25) is 4.90 Å². The highest BCUT2D eigenvalue weighted by Gasteiger charge is 2.36. The van der Waals surface area contributed by atoms with Crippen LogP contribution in [0, 0.1) is 0 Å². The van der Waals surface area contributed by atoms with Gasteiger partial charge in [-0.15, -0.1) is 0 Å². The van der Waals surface area contributed by atoms with Crippen LogP contribution in [0.5, 0.6) is 0 Å². The van der Waals surface area contributed by atoms with Gasteiger partial charge < -0.3 is 10.5 Å². The molecule has 4 atom stereocenters. The summed E-state index contributed by atoms with van der Waals surface area (Å²) in [5.74, 6) is 0. The molecule has 2 N–H and O–H groups in total. The van der Waals surface area contributed by atoms with Crippen molar-refractivity contribution in [3.05, 3.63) is 35.4 Å². The Labute approximate surface area is 122 Å². The van der Waals surface area contributed by atoms with Gasteiger partial charge in [0.1, 0.15) is 0 Å². The van der Waals surface area contributed by atoms with Crippen LogP contribution in [-0.4, -0.2) is 36.2 Å². The number of benzene rings is 1. The van der Waals surface area contributed by atoms with E-state index < -0.39 is 0 Å². The van der Waals surface area contributed by atoms with Crippen LogP contribution in [0.4, 0.5) is 0 Å². The van der Waals surface area contributed by atoms with Crippen molar-refractivity contribution in [3.8, 4) is 0 Å². The summed E-state index contributed by atoms with van der Waals surface area (Å²) in [5.41, 5.74) is 9.11. The molecule has 4 unspecified atom stereocenters. The van der Waals surface area contributed by atoms with Crippen molar-refractivity contribution in [3.63, 3.8) is 0 Å². The monoisotopic (exact) mass is 274 g/mol. The Morgan fingerprint density at radius 2 is 1.80 bits per heavy atom. The van der Waals surface area contributed by atoms with Crippen LogP contribution in [-0.2, 0) is 11.2 Å². The molecule has 2 bridgehead atoms. The van der Waals surface area contributed by atoms with E-state index in [0.29, 0.717) is 18.2 Å². The maximum atomic E-state index is 6.49. The number of hydrogen-bond acceptors (Lipinski definition) is 3. The van der Waals surface area contributed by atoms with Crippen molar-refractivity contribution in [2.45, 2.75) is 57.4 Å². The van der Waals surface area contributed by atoms with E-state index in [4.69, 9.17) is 10.5 Å². The second kappa shape index (κ2) is 5.84. The predicted molar refractivity (Wildman–Crippen MR) is 81.7 cm³/mol. The summed E-state index contributed by atoms with van der Waals surface area (Å²) in [6.07, 6.45) is 4.39. The number of fused-ring (bicyclic) bond motifs is 2. The minimum absolute atomic E-state index is 0.0819. The van der Waals surface area contributed by atoms with Crippen LogP contribution in [0.25, 0.3) is 0 Å². The predicted octanol–water partition coefficient (Wildman–Crippen LogP) is 2.50. The molecular formula is C17H26N2O. The zero-order chi connectivity index (χ0) is 14.1. The van der Waals surface area contributed by atoms with Gasteiger partial charge in [0, 0.05) is 25.2 Å². The molecule has 2 heterocycles. The molecule has 0 radical (unpaired) electrons. The van der Waals surface area contributed by atoms with Crippen molar-refractivity contribution in [2.24, 2.45) is 5.73 Å². The molecular weight excluding hydrogens is 248 g/mol. The average Bonchev–Trinajstić information content (AvgIpc) is 2.84. The summed E-state index contributed by atoms with van der Waals surface area (Å²) < 4.78 is 5.91. The van der Waals surface area contributed by atoms with Crippen LogP contribution in [0.2, 0.25) is 0 Å². The zero-order valence-electron chi connectivity index (χ0n) is 12.6.